The van der Waals surface area contributed by atoms with E-state index in [1.165, 1.54) is 6.26 Å². The van der Waals surface area contributed by atoms with Crippen molar-refractivity contribution in [3.05, 3.63) is 17.3 Å². The maximum Gasteiger partial charge on any atom is 0.211 e. The van der Waals surface area contributed by atoms with Crippen LogP contribution in [0.4, 0.5) is 5.82 Å². The van der Waals surface area contributed by atoms with Crippen molar-refractivity contribution in [3.8, 4) is 0 Å². The van der Waals surface area contributed by atoms with Crippen LogP contribution in [0.3, 0.4) is 0 Å². The molecule has 0 unspecified atom stereocenters. The fraction of sp³-hybridized carbons (Fsp3) is 0.571. The van der Waals surface area contributed by atoms with Crippen LogP contribution in [0.1, 0.15) is 19.4 Å². The number of piperazine rings is 1. The van der Waals surface area contributed by atoms with Crippen LogP contribution in [0, 0.1) is 6.92 Å². The van der Waals surface area contributed by atoms with E-state index in [9.17, 15) is 8.42 Å². The smallest absolute Gasteiger partial charge is 0.211 e. The standard InChI is InChI=1S/C14H20N4O2S2/c1-9-7-21-13-12(9)15-8-16-14(13)17-5-11(3)18(6-10(17)2)22(4,19)20/h7-8,10-11H,5-6H2,1-4H3/t10-,11-/m0/s1. The zero-order valence-corrected chi connectivity index (χ0v) is 14.8. The van der Waals surface area contributed by atoms with Crippen LogP contribution < -0.4 is 4.90 Å². The van der Waals surface area contributed by atoms with Crippen molar-refractivity contribution < 1.29 is 8.42 Å². The van der Waals surface area contributed by atoms with Gasteiger partial charge in [-0.15, -0.1) is 11.3 Å². The lowest BCUT2D eigenvalue weighted by atomic mass is 10.1. The molecule has 0 N–H and O–H groups in total. The molecule has 0 radical (unpaired) electrons. The van der Waals surface area contributed by atoms with Gasteiger partial charge in [0, 0.05) is 25.2 Å². The molecular formula is C14H20N4O2S2. The minimum absolute atomic E-state index is 0.0720. The van der Waals surface area contributed by atoms with Crippen molar-refractivity contribution in [2.75, 3.05) is 24.2 Å². The van der Waals surface area contributed by atoms with E-state index in [0.29, 0.717) is 13.1 Å². The normalized spacial score (nSPS) is 24.1. The first-order valence-corrected chi connectivity index (χ1v) is 9.94. The molecule has 1 aliphatic heterocycles. The van der Waals surface area contributed by atoms with Crippen LogP contribution in [0.15, 0.2) is 11.7 Å². The number of hydrogen-bond acceptors (Lipinski definition) is 6. The Hall–Kier alpha value is -1.25. The summed E-state index contributed by atoms with van der Waals surface area (Å²) in [5.74, 6) is 0.913. The van der Waals surface area contributed by atoms with Crippen molar-refractivity contribution in [1.29, 1.82) is 0 Å². The SMILES string of the molecule is Cc1csc2c(N3C[C@H](C)N(S(C)(=O)=O)C[C@@H]3C)ncnc12. The number of aromatic nitrogens is 2. The van der Waals surface area contributed by atoms with Crippen LogP contribution in [-0.2, 0) is 10.0 Å². The third kappa shape index (κ3) is 2.59. The number of sulfonamides is 1. The van der Waals surface area contributed by atoms with Crippen molar-refractivity contribution in [2.45, 2.75) is 32.9 Å². The van der Waals surface area contributed by atoms with Gasteiger partial charge in [-0.3, -0.25) is 0 Å². The number of fused-ring (bicyclic) bond motifs is 1. The molecule has 2 atom stereocenters. The van der Waals surface area contributed by atoms with E-state index in [-0.39, 0.29) is 12.1 Å². The quantitative estimate of drug-likeness (QED) is 0.835. The molecule has 0 spiro atoms. The molecule has 1 saturated heterocycles. The highest BCUT2D eigenvalue weighted by molar-refractivity contribution is 7.88. The molecule has 2 aromatic rings. The van der Waals surface area contributed by atoms with Gasteiger partial charge in [0.05, 0.1) is 16.5 Å². The van der Waals surface area contributed by atoms with Gasteiger partial charge >= 0.3 is 0 Å². The van der Waals surface area contributed by atoms with Crippen LogP contribution in [0.2, 0.25) is 0 Å². The summed E-state index contributed by atoms with van der Waals surface area (Å²) in [6.07, 6.45) is 2.87. The summed E-state index contributed by atoms with van der Waals surface area (Å²) >= 11 is 1.65. The van der Waals surface area contributed by atoms with Crippen molar-refractivity contribution in [2.24, 2.45) is 0 Å². The van der Waals surface area contributed by atoms with Gasteiger partial charge in [0.25, 0.3) is 0 Å². The largest absolute Gasteiger partial charge is 0.350 e. The van der Waals surface area contributed by atoms with E-state index in [4.69, 9.17) is 0 Å². The zero-order valence-electron chi connectivity index (χ0n) is 13.1. The van der Waals surface area contributed by atoms with E-state index in [2.05, 4.69) is 20.2 Å². The molecule has 2 aromatic heterocycles. The number of thiophene rings is 1. The molecule has 1 fully saturated rings. The monoisotopic (exact) mass is 340 g/mol. The van der Waals surface area contributed by atoms with Crippen LogP contribution in [0.25, 0.3) is 10.2 Å². The second kappa shape index (κ2) is 5.43. The van der Waals surface area contributed by atoms with E-state index >= 15 is 0 Å². The molecule has 0 bridgehead atoms. The van der Waals surface area contributed by atoms with Gasteiger partial charge in [0.1, 0.15) is 12.1 Å². The predicted octanol–water partition coefficient (Wildman–Crippen LogP) is 1.86. The van der Waals surface area contributed by atoms with Crippen molar-refractivity contribution in [1.82, 2.24) is 14.3 Å². The van der Waals surface area contributed by atoms with Gasteiger partial charge in [0.2, 0.25) is 10.0 Å². The first-order valence-electron chi connectivity index (χ1n) is 7.21. The van der Waals surface area contributed by atoms with Gasteiger partial charge in [0.15, 0.2) is 0 Å². The number of hydrogen-bond donors (Lipinski definition) is 0. The number of anilines is 1. The minimum Gasteiger partial charge on any atom is -0.350 e. The Morgan fingerprint density at radius 2 is 1.95 bits per heavy atom. The molecular weight excluding hydrogens is 320 g/mol. The number of aryl methyl sites for hydroxylation is 1. The Kier molecular flexibility index (Phi) is 3.86. The minimum atomic E-state index is -3.18. The Labute approximate surface area is 134 Å². The fourth-order valence-electron chi connectivity index (χ4n) is 3.01. The molecule has 1 aliphatic rings. The van der Waals surface area contributed by atoms with E-state index in [1.807, 2.05) is 20.8 Å². The molecule has 120 valence electrons. The molecule has 3 rings (SSSR count). The molecule has 3 heterocycles. The Bertz CT molecular complexity index is 802. The average molecular weight is 340 g/mol. The van der Waals surface area contributed by atoms with Gasteiger partial charge in [-0.2, -0.15) is 4.31 Å². The summed E-state index contributed by atoms with van der Waals surface area (Å²) in [5.41, 5.74) is 2.14. The number of nitrogens with zero attached hydrogens (tertiary/aromatic N) is 4. The number of rotatable bonds is 2. The summed E-state index contributed by atoms with van der Waals surface area (Å²) in [7, 11) is -3.18. The summed E-state index contributed by atoms with van der Waals surface area (Å²) in [6.45, 7) is 7.15. The predicted molar refractivity (Wildman–Crippen MR) is 90.0 cm³/mol. The highest BCUT2D eigenvalue weighted by atomic mass is 32.2. The lowest BCUT2D eigenvalue weighted by Gasteiger charge is -2.43. The topological polar surface area (TPSA) is 66.4 Å². The molecule has 0 aliphatic carbocycles. The van der Waals surface area contributed by atoms with Crippen LogP contribution >= 0.6 is 11.3 Å². The van der Waals surface area contributed by atoms with Crippen LogP contribution in [0.5, 0.6) is 0 Å². The average Bonchev–Trinajstić information content (AvgIpc) is 2.82. The Morgan fingerprint density at radius 1 is 1.23 bits per heavy atom. The summed E-state index contributed by atoms with van der Waals surface area (Å²) in [4.78, 5) is 11.0. The van der Waals surface area contributed by atoms with Gasteiger partial charge in [-0.25, -0.2) is 18.4 Å². The van der Waals surface area contributed by atoms with Gasteiger partial charge < -0.3 is 4.90 Å². The third-order valence-corrected chi connectivity index (χ3v) is 6.58. The zero-order chi connectivity index (χ0) is 16.1. The van der Waals surface area contributed by atoms with E-state index in [1.54, 1.807) is 22.0 Å². The maximum atomic E-state index is 11.9. The lowest BCUT2D eigenvalue weighted by Crippen LogP contribution is -2.58. The second-order valence-electron chi connectivity index (χ2n) is 5.98. The molecule has 0 aromatic carbocycles. The summed E-state index contributed by atoms with van der Waals surface area (Å²) < 4.78 is 26.4. The third-order valence-electron chi connectivity index (χ3n) is 4.14. The fourth-order valence-corrected chi connectivity index (χ4v) is 5.23. The highest BCUT2D eigenvalue weighted by Gasteiger charge is 2.35. The molecule has 22 heavy (non-hydrogen) atoms. The first-order chi connectivity index (χ1) is 10.3. The molecule has 0 amide bonds. The summed E-state index contributed by atoms with van der Waals surface area (Å²) in [5, 5.41) is 2.09. The van der Waals surface area contributed by atoms with E-state index in [0.717, 1.165) is 21.6 Å². The van der Waals surface area contributed by atoms with Crippen molar-refractivity contribution in [3.63, 3.8) is 0 Å². The van der Waals surface area contributed by atoms with Gasteiger partial charge in [-0.1, -0.05) is 0 Å². The molecule has 6 nitrogen and oxygen atoms in total. The highest BCUT2D eigenvalue weighted by Crippen LogP contribution is 2.33. The lowest BCUT2D eigenvalue weighted by molar-refractivity contribution is 0.274. The molecule has 0 saturated carbocycles. The Morgan fingerprint density at radius 3 is 2.64 bits per heavy atom. The van der Waals surface area contributed by atoms with Crippen molar-refractivity contribution >= 4 is 37.4 Å². The first kappa shape index (κ1) is 15.6. The maximum absolute atomic E-state index is 11.9. The second-order valence-corrected chi connectivity index (χ2v) is 8.79. The van der Waals surface area contributed by atoms with E-state index < -0.39 is 10.0 Å². The van der Waals surface area contributed by atoms with Crippen LogP contribution in [-0.4, -0.2) is 54.1 Å². The molecule has 8 heteroatoms. The van der Waals surface area contributed by atoms with Gasteiger partial charge in [-0.05, 0) is 31.7 Å². The summed E-state index contributed by atoms with van der Waals surface area (Å²) in [6, 6.07) is 0.00343. The Balaban J connectivity index is 1.99.